The van der Waals surface area contributed by atoms with E-state index in [1.165, 1.54) is 0 Å². The summed E-state index contributed by atoms with van der Waals surface area (Å²) in [5.41, 5.74) is 4.73. The Labute approximate surface area is 72.8 Å². The predicted octanol–water partition coefficient (Wildman–Crippen LogP) is 1.52. The molecule has 0 bridgehead atoms. The smallest absolute Gasteiger partial charge is 0.323 e. The molecular weight excluding hydrogens is 183 g/mol. The van der Waals surface area contributed by atoms with Crippen LogP contribution in [0.2, 0.25) is 0 Å². The van der Waals surface area contributed by atoms with Crippen LogP contribution in [0.15, 0.2) is 12.4 Å². The van der Waals surface area contributed by atoms with Crippen molar-refractivity contribution in [2.75, 3.05) is 0 Å². The van der Waals surface area contributed by atoms with E-state index in [9.17, 15) is 13.2 Å². The lowest BCUT2D eigenvalue weighted by Gasteiger charge is -2.07. The van der Waals surface area contributed by atoms with E-state index in [1.807, 2.05) is 0 Å². The number of nitrogens with zero attached hydrogens (tertiary/aromatic N) is 2. The van der Waals surface area contributed by atoms with Crippen LogP contribution in [0.3, 0.4) is 0 Å². The number of alkyl halides is 3. The predicted molar refractivity (Wildman–Crippen MR) is 39.6 cm³/mol. The average molecular weight is 191 g/mol. The van der Waals surface area contributed by atoms with Crippen LogP contribution in [0.5, 0.6) is 0 Å². The van der Waals surface area contributed by atoms with Gasteiger partial charge in [-0.25, -0.2) is 4.98 Å². The first-order chi connectivity index (χ1) is 5.91. The van der Waals surface area contributed by atoms with Crippen molar-refractivity contribution in [2.45, 2.75) is 19.1 Å². The molecule has 1 atom stereocenters. The van der Waals surface area contributed by atoms with Crippen LogP contribution in [0.1, 0.15) is 24.4 Å². The summed E-state index contributed by atoms with van der Waals surface area (Å²) in [7, 11) is 0. The van der Waals surface area contributed by atoms with Crippen molar-refractivity contribution in [3.63, 3.8) is 0 Å². The Balaban J connectivity index is 2.94. The topological polar surface area (TPSA) is 51.8 Å². The van der Waals surface area contributed by atoms with Gasteiger partial charge in [0.15, 0.2) is 5.69 Å². The zero-order chi connectivity index (χ0) is 10.1. The van der Waals surface area contributed by atoms with Gasteiger partial charge in [-0.1, -0.05) is 0 Å². The van der Waals surface area contributed by atoms with Gasteiger partial charge in [0.2, 0.25) is 0 Å². The number of rotatable bonds is 1. The molecule has 0 aliphatic heterocycles. The Morgan fingerprint density at radius 3 is 2.23 bits per heavy atom. The molecule has 0 radical (unpaired) electrons. The molecule has 0 fully saturated rings. The second-order valence-electron chi connectivity index (χ2n) is 2.61. The van der Waals surface area contributed by atoms with E-state index in [2.05, 4.69) is 9.97 Å². The largest absolute Gasteiger partial charge is 0.434 e. The molecule has 0 aliphatic rings. The molecule has 1 aromatic heterocycles. The van der Waals surface area contributed by atoms with Crippen LogP contribution >= 0.6 is 0 Å². The number of hydrogen-bond donors (Lipinski definition) is 1. The lowest BCUT2D eigenvalue weighted by atomic mass is 10.2. The molecule has 0 saturated heterocycles. The Bertz CT molecular complexity index is 278. The maximum absolute atomic E-state index is 12.0. The van der Waals surface area contributed by atoms with Gasteiger partial charge in [0, 0.05) is 6.04 Å². The first-order valence-corrected chi connectivity index (χ1v) is 3.56. The quantitative estimate of drug-likeness (QED) is 0.732. The van der Waals surface area contributed by atoms with Gasteiger partial charge in [-0.15, -0.1) is 0 Å². The van der Waals surface area contributed by atoms with Gasteiger partial charge in [0.05, 0.1) is 18.1 Å². The molecule has 1 heterocycles. The van der Waals surface area contributed by atoms with E-state index < -0.39 is 17.9 Å². The van der Waals surface area contributed by atoms with Crippen LogP contribution in [-0.4, -0.2) is 9.97 Å². The van der Waals surface area contributed by atoms with Crippen LogP contribution in [0.4, 0.5) is 13.2 Å². The highest BCUT2D eigenvalue weighted by Gasteiger charge is 2.32. The first-order valence-electron chi connectivity index (χ1n) is 3.56. The van der Waals surface area contributed by atoms with Crippen LogP contribution < -0.4 is 5.73 Å². The summed E-state index contributed by atoms with van der Waals surface area (Å²) in [4.78, 5) is 6.74. The molecule has 1 rings (SSSR count). The molecule has 2 N–H and O–H groups in total. The Morgan fingerprint density at radius 1 is 1.31 bits per heavy atom. The minimum atomic E-state index is -4.44. The Hall–Kier alpha value is -1.17. The van der Waals surface area contributed by atoms with E-state index >= 15 is 0 Å². The maximum atomic E-state index is 12.0. The summed E-state index contributed by atoms with van der Waals surface area (Å²) in [5.74, 6) is 0. The first kappa shape index (κ1) is 9.91. The molecule has 0 spiro atoms. The van der Waals surface area contributed by atoms with E-state index in [1.54, 1.807) is 6.92 Å². The number of hydrogen-bond acceptors (Lipinski definition) is 3. The molecule has 0 unspecified atom stereocenters. The van der Waals surface area contributed by atoms with Gasteiger partial charge < -0.3 is 5.73 Å². The summed E-state index contributed by atoms with van der Waals surface area (Å²) in [6.45, 7) is 1.62. The molecule has 0 aliphatic carbocycles. The summed E-state index contributed by atoms with van der Waals surface area (Å²) < 4.78 is 36.0. The number of halogens is 3. The Morgan fingerprint density at radius 2 is 1.92 bits per heavy atom. The third-order valence-corrected chi connectivity index (χ3v) is 1.43. The fourth-order valence-corrected chi connectivity index (χ4v) is 0.720. The second kappa shape index (κ2) is 3.29. The molecule has 72 valence electrons. The van der Waals surface area contributed by atoms with Crippen molar-refractivity contribution in [2.24, 2.45) is 5.73 Å². The van der Waals surface area contributed by atoms with Gasteiger partial charge in [-0.3, -0.25) is 4.98 Å². The molecule has 0 aromatic carbocycles. The third-order valence-electron chi connectivity index (χ3n) is 1.43. The summed E-state index contributed by atoms with van der Waals surface area (Å²) in [5, 5.41) is 0. The molecule has 0 amide bonds. The second-order valence-corrected chi connectivity index (χ2v) is 2.61. The minimum absolute atomic E-state index is 0.341. The molecule has 0 saturated carbocycles. The molecule has 1 aromatic rings. The van der Waals surface area contributed by atoms with E-state index in [4.69, 9.17) is 5.73 Å². The minimum Gasteiger partial charge on any atom is -0.323 e. The van der Waals surface area contributed by atoms with Crippen molar-refractivity contribution in [3.8, 4) is 0 Å². The molecule has 6 heteroatoms. The van der Waals surface area contributed by atoms with Gasteiger partial charge in [-0.05, 0) is 6.92 Å². The monoisotopic (exact) mass is 191 g/mol. The molecule has 3 nitrogen and oxygen atoms in total. The standard InChI is InChI=1S/C7H8F3N3/c1-4(11)5-2-13-6(3-12-5)7(8,9)10/h2-4H,11H2,1H3/t4-/m0/s1. The van der Waals surface area contributed by atoms with Crippen molar-refractivity contribution in [1.82, 2.24) is 9.97 Å². The molecule has 13 heavy (non-hydrogen) atoms. The maximum Gasteiger partial charge on any atom is 0.434 e. The fourth-order valence-electron chi connectivity index (χ4n) is 0.720. The van der Waals surface area contributed by atoms with E-state index in [0.717, 1.165) is 6.20 Å². The highest BCUT2D eigenvalue weighted by molar-refractivity contribution is 5.07. The SMILES string of the molecule is C[C@H](N)c1cnc(C(F)(F)F)cn1. The van der Waals surface area contributed by atoms with Crippen molar-refractivity contribution >= 4 is 0 Å². The summed E-state index contributed by atoms with van der Waals surface area (Å²) in [6.07, 6.45) is -2.73. The van der Waals surface area contributed by atoms with E-state index in [-0.39, 0.29) is 0 Å². The van der Waals surface area contributed by atoms with Gasteiger partial charge in [-0.2, -0.15) is 13.2 Å². The van der Waals surface area contributed by atoms with Gasteiger partial charge >= 0.3 is 6.18 Å². The van der Waals surface area contributed by atoms with E-state index in [0.29, 0.717) is 11.9 Å². The van der Waals surface area contributed by atoms with Crippen molar-refractivity contribution in [1.29, 1.82) is 0 Å². The van der Waals surface area contributed by atoms with Crippen molar-refractivity contribution in [3.05, 3.63) is 23.8 Å². The lowest BCUT2D eigenvalue weighted by Crippen LogP contribution is -2.12. The highest BCUT2D eigenvalue weighted by atomic mass is 19.4. The van der Waals surface area contributed by atoms with Gasteiger partial charge in [0.1, 0.15) is 0 Å². The van der Waals surface area contributed by atoms with Crippen molar-refractivity contribution < 1.29 is 13.2 Å². The summed E-state index contributed by atoms with van der Waals surface area (Å²) in [6, 6.07) is -0.408. The lowest BCUT2D eigenvalue weighted by molar-refractivity contribution is -0.141. The fraction of sp³-hybridized carbons (Fsp3) is 0.429. The van der Waals surface area contributed by atoms with Crippen LogP contribution in [-0.2, 0) is 6.18 Å². The highest BCUT2D eigenvalue weighted by Crippen LogP contribution is 2.26. The zero-order valence-corrected chi connectivity index (χ0v) is 6.84. The number of aromatic nitrogens is 2. The zero-order valence-electron chi connectivity index (χ0n) is 6.84. The van der Waals surface area contributed by atoms with Gasteiger partial charge in [0.25, 0.3) is 0 Å². The average Bonchev–Trinajstić information content (AvgIpc) is 2.03. The van der Waals surface area contributed by atoms with Crippen LogP contribution in [0.25, 0.3) is 0 Å². The van der Waals surface area contributed by atoms with Crippen LogP contribution in [0, 0.1) is 0 Å². The Kier molecular flexibility index (Phi) is 2.51. The normalized spacial score (nSPS) is 14.2. The number of nitrogens with two attached hydrogens (primary N) is 1. The summed E-state index contributed by atoms with van der Waals surface area (Å²) >= 11 is 0. The third kappa shape index (κ3) is 2.38. The molecular formula is C7H8F3N3.